The highest BCUT2D eigenvalue weighted by atomic mass is 35.5. The van der Waals surface area contributed by atoms with Gasteiger partial charge < -0.3 is 19.9 Å². The van der Waals surface area contributed by atoms with Crippen LogP contribution in [-0.2, 0) is 11.3 Å². The van der Waals surface area contributed by atoms with Crippen LogP contribution >= 0.6 is 23.2 Å². The quantitative estimate of drug-likeness (QED) is 0.498. The molecule has 1 aromatic heterocycles. The summed E-state index contributed by atoms with van der Waals surface area (Å²) in [6, 6.07) is 13.8. The molecule has 31 heavy (non-hydrogen) atoms. The molecule has 1 amide bonds. The molecule has 2 heterocycles. The normalized spacial score (nSPS) is 14.5. The van der Waals surface area contributed by atoms with Crippen LogP contribution in [0.15, 0.2) is 48.8 Å². The van der Waals surface area contributed by atoms with Crippen LogP contribution in [0.25, 0.3) is 11.3 Å². The lowest BCUT2D eigenvalue weighted by atomic mass is 10.0. The zero-order valence-electron chi connectivity index (χ0n) is 17.2. The first kappa shape index (κ1) is 21.5. The zero-order chi connectivity index (χ0) is 21.8. The number of aromatic nitrogens is 2. The Hall–Kier alpha value is -2.70. The van der Waals surface area contributed by atoms with Crippen LogP contribution in [0.1, 0.15) is 24.1 Å². The number of aryl methyl sites for hydroxylation is 1. The summed E-state index contributed by atoms with van der Waals surface area (Å²) in [7, 11) is 0. The van der Waals surface area contributed by atoms with Crippen LogP contribution in [0.4, 0.5) is 10.5 Å². The molecule has 1 aliphatic heterocycles. The second kappa shape index (κ2) is 9.62. The molecule has 162 valence electrons. The number of imidazole rings is 1. The predicted octanol–water partition coefficient (Wildman–Crippen LogP) is 5.91. The Kier molecular flexibility index (Phi) is 6.68. The largest absolute Gasteiger partial charge is 0.445 e. The van der Waals surface area contributed by atoms with Crippen LogP contribution in [0, 0.1) is 6.92 Å². The minimum atomic E-state index is -0.311. The van der Waals surface area contributed by atoms with E-state index in [4.69, 9.17) is 27.9 Å². The summed E-state index contributed by atoms with van der Waals surface area (Å²) in [4.78, 5) is 21.6. The van der Waals surface area contributed by atoms with Gasteiger partial charge in [-0.2, -0.15) is 0 Å². The molecule has 2 N–H and O–H groups in total. The Morgan fingerprint density at radius 2 is 1.84 bits per heavy atom. The van der Waals surface area contributed by atoms with Crippen molar-refractivity contribution in [2.24, 2.45) is 0 Å². The van der Waals surface area contributed by atoms with Gasteiger partial charge in [0.05, 0.1) is 17.7 Å². The number of piperidine rings is 1. The topological polar surface area (TPSA) is 70.2 Å². The number of H-pyrrole nitrogens is 1. The van der Waals surface area contributed by atoms with E-state index in [0.717, 1.165) is 41.0 Å². The number of amides is 1. The van der Waals surface area contributed by atoms with Crippen LogP contribution in [0.2, 0.25) is 10.0 Å². The Labute approximate surface area is 191 Å². The third kappa shape index (κ3) is 5.51. The fourth-order valence-electron chi connectivity index (χ4n) is 3.76. The monoisotopic (exact) mass is 458 g/mol. The highest BCUT2D eigenvalue weighted by Gasteiger charge is 2.23. The zero-order valence-corrected chi connectivity index (χ0v) is 18.7. The van der Waals surface area contributed by atoms with Gasteiger partial charge in [0, 0.05) is 34.9 Å². The van der Waals surface area contributed by atoms with E-state index >= 15 is 0 Å². The molecule has 8 heteroatoms. The predicted molar refractivity (Wildman–Crippen MR) is 124 cm³/mol. The van der Waals surface area contributed by atoms with Crippen molar-refractivity contribution < 1.29 is 9.53 Å². The standard InChI is InChI=1S/C23H24Cl2N4O2/c1-15-22(27-14-26-15)17-2-4-20(5-3-17)28-21-6-8-29(9-7-21)23(30)31-13-16-10-18(24)12-19(25)11-16/h2-5,10-12,14,21,28H,6-9,13H2,1H3,(H,26,27). The van der Waals surface area contributed by atoms with Crippen LogP contribution in [-0.4, -0.2) is 40.1 Å². The molecule has 0 spiro atoms. The molecule has 3 aromatic rings. The lowest BCUT2D eigenvalue weighted by Gasteiger charge is -2.32. The van der Waals surface area contributed by atoms with E-state index in [-0.39, 0.29) is 12.7 Å². The van der Waals surface area contributed by atoms with Crippen LogP contribution in [0.3, 0.4) is 0 Å². The maximum atomic E-state index is 12.4. The van der Waals surface area contributed by atoms with Crippen molar-refractivity contribution in [3.8, 4) is 11.3 Å². The van der Waals surface area contributed by atoms with Gasteiger partial charge in [-0.3, -0.25) is 0 Å². The highest BCUT2D eigenvalue weighted by Crippen LogP contribution is 2.24. The van der Waals surface area contributed by atoms with Crippen LogP contribution < -0.4 is 5.32 Å². The van der Waals surface area contributed by atoms with Gasteiger partial charge in [0.1, 0.15) is 6.61 Å². The lowest BCUT2D eigenvalue weighted by molar-refractivity contribution is 0.0882. The molecule has 0 unspecified atom stereocenters. The fourth-order valence-corrected chi connectivity index (χ4v) is 4.33. The van der Waals surface area contributed by atoms with E-state index < -0.39 is 0 Å². The number of anilines is 1. The van der Waals surface area contributed by atoms with E-state index in [0.29, 0.717) is 29.2 Å². The number of nitrogens with one attached hydrogen (secondary N) is 2. The molecule has 0 bridgehead atoms. The highest BCUT2D eigenvalue weighted by molar-refractivity contribution is 6.34. The van der Waals surface area contributed by atoms with Crippen molar-refractivity contribution in [2.75, 3.05) is 18.4 Å². The molecule has 1 aliphatic rings. The third-order valence-electron chi connectivity index (χ3n) is 5.41. The Morgan fingerprint density at radius 1 is 1.16 bits per heavy atom. The molecule has 6 nitrogen and oxygen atoms in total. The number of aromatic amines is 1. The van der Waals surface area contributed by atoms with Crippen molar-refractivity contribution in [3.05, 3.63) is 70.1 Å². The molecule has 0 saturated carbocycles. The first-order valence-corrected chi connectivity index (χ1v) is 11.0. The minimum absolute atomic E-state index is 0.152. The number of hydrogen-bond donors (Lipinski definition) is 2. The molecule has 1 fully saturated rings. The van der Waals surface area contributed by atoms with Gasteiger partial charge in [-0.15, -0.1) is 0 Å². The number of rotatable bonds is 5. The first-order valence-electron chi connectivity index (χ1n) is 10.2. The smallest absolute Gasteiger partial charge is 0.410 e. The van der Waals surface area contributed by atoms with Crippen molar-refractivity contribution in [2.45, 2.75) is 32.4 Å². The number of hydrogen-bond acceptors (Lipinski definition) is 4. The molecule has 1 saturated heterocycles. The maximum absolute atomic E-state index is 12.4. The van der Waals surface area contributed by atoms with E-state index in [2.05, 4.69) is 39.6 Å². The number of likely N-dealkylation sites (tertiary alicyclic amines) is 1. The van der Waals surface area contributed by atoms with Crippen molar-refractivity contribution in [1.82, 2.24) is 14.9 Å². The number of ether oxygens (including phenoxy) is 1. The lowest BCUT2D eigenvalue weighted by Crippen LogP contribution is -2.42. The number of carbonyl (C=O) groups is 1. The van der Waals surface area contributed by atoms with Crippen molar-refractivity contribution in [3.63, 3.8) is 0 Å². The number of halogens is 2. The fraction of sp³-hybridized carbons (Fsp3) is 0.304. The van der Waals surface area contributed by atoms with E-state index in [1.54, 1.807) is 29.4 Å². The van der Waals surface area contributed by atoms with E-state index in [1.165, 1.54) is 0 Å². The van der Waals surface area contributed by atoms with Crippen molar-refractivity contribution >= 4 is 35.0 Å². The maximum Gasteiger partial charge on any atom is 0.410 e. The Bertz CT molecular complexity index is 1020. The third-order valence-corrected chi connectivity index (χ3v) is 5.85. The summed E-state index contributed by atoms with van der Waals surface area (Å²) in [5.41, 5.74) is 4.98. The van der Waals surface area contributed by atoms with Gasteiger partial charge in [0.25, 0.3) is 0 Å². The number of carbonyl (C=O) groups excluding carboxylic acids is 1. The summed E-state index contributed by atoms with van der Waals surface area (Å²) in [5, 5.41) is 4.62. The Morgan fingerprint density at radius 3 is 2.45 bits per heavy atom. The summed E-state index contributed by atoms with van der Waals surface area (Å²) < 4.78 is 5.43. The van der Waals surface area contributed by atoms with Gasteiger partial charge in [-0.1, -0.05) is 35.3 Å². The van der Waals surface area contributed by atoms with Gasteiger partial charge in [-0.25, -0.2) is 9.78 Å². The van der Waals surface area contributed by atoms with E-state index in [9.17, 15) is 4.79 Å². The average Bonchev–Trinajstić information content (AvgIpc) is 3.18. The average molecular weight is 459 g/mol. The molecule has 4 rings (SSSR count). The van der Waals surface area contributed by atoms with Crippen LogP contribution in [0.5, 0.6) is 0 Å². The van der Waals surface area contributed by atoms with Gasteiger partial charge in [-0.05, 0) is 61.2 Å². The molecule has 0 radical (unpaired) electrons. The van der Waals surface area contributed by atoms with E-state index in [1.807, 2.05) is 6.92 Å². The second-order valence-corrected chi connectivity index (χ2v) is 8.55. The SMILES string of the molecule is Cc1nc[nH]c1-c1ccc(NC2CCN(C(=O)OCc3cc(Cl)cc(Cl)c3)CC2)cc1. The number of benzene rings is 2. The molecule has 0 atom stereocenters. The molecule has 2 aromatic carbocycles. The van der Waals surface area contributed by atoms with Gasteiger partial charge >= 0.3 is 6.09 Å². The molecule has 0 aliphatic carbocycles. The molecular weight excluding hydrogens is 435 g/mol. The van der Waals surface area contributed by atoms with Gasteiger partial charge in [0.2, 0.25) is 0 Å². The Balaban J connectivity index is 1.25. The molecular formula is C23H24Cl2N4O2. The summed E-state index contributed by atoms with van der Waals surface area (Å²) in [5.74, 6) is 0. The van der Waals surface area contributed by atoms with Crippen molar-refractivity contribution in [1.29, 1.82) is 0 Å². The first-order chi connectivity index (χ1) is 15.0. The van der Waals surface area contributed by atoms with Gasteiger partial charge in [0.15, 0.2) is 0 Å². The number of nitrogens with zero attached hydrogens (tertiary/aromatic N) is 2. The second-order valence-electron chi connectivity index (χ2n) is 7.68. The minimum Gasteiger partial charge on any atom is -0.445 e. The summed E-state index contributed by atoms with van der Waals surface area (Å²) in [6.07, 6.45) is 3.12. The summed E-state index contributed by atoms with van der Waals surface area (Å²) in [6.45, 7) is 3.44. The summed E-state index contributed by atoms with van der Waals surface area (Å²) >= 11 is 12.0.